The Bertz CT molecular complexity index is 647. The van der Waals surface area contributed by atoms with Crippen molar-refractivity contribution in [3.05, 3.63) is 64.7 Å². The van der Waals surface area contributed by atoms with E-state index in [9.17, 15) is 9.90 Å². The number of methoxy groups -OCH3 is 1. The average Bonchev–Trinajstić information content (AvgIpc) is 2.58. The topological polar surface area (TPSA) is 66.8 Å². The van der Waals surface area contributed by atoms with E-state index in [-0.39, 0.29) is 12.2 Å². The number of carboxylic acid groups (broad SMARTS) is 1. The summed E-state index contributed by atoms with van der Waals surface area (Å²) in [6.45, 7) is 0.213. The van der Waals surface area contributed by atoms with E-state index in [1.54, 1.807) is 12.1 Å². The van der Waals surface area contributed by atoms with Gasteiger partial charge in [0.1, 0.15) is 11.3 Å². The van der Waals surface area contributed by atoms with Gasteiger partial charge in [0.05, 0.1) is 7.11 Å². The van der Waals surface area contributed by atoms with Crippen LogP contribution in [0.2, 0.25) is 0 Å². The van der Waals surface area contributed by atoms with Crippen LogP contribution in [0.3, 0.4) is 0 Å². The monoisotopic (exact) mass is 314 g/mol. The maximum atomic E-state index is 11.2. The maximum absolute atomic E-state index is 11.2. The third-order valence-electron chi connectivity index (χ3n) is 3.84. The number of aliphatic hydroxyl groups is 1. The molecule has 2 N–H and O–H groups in total. The third-order valence-corrected chi connectivity index (χ3v) is 3.84. The van der Waals surface area contributed by atoms with Crippen molar-refractivity contribution in [2.75, 3.05) is 13.7 Å². The molecule has 0 bridgehead atoms. The van der Waals surface area contributed by atoms with Crippen LogP contribution in [-0.2, 0) is 19.3 Å². The summed E-state index contributed by atoms with van der Waals surface area (Å²) in [7, 11) is 1.47. The zero-order chi connectivity index (χ0) is 16.7. The number of carboxylic acids is 1. The second kappa shape index (κ2) is 8.34. The van der Waals surface area contributed by atoms with Crippen LogP contribution in [0.25, 0.3) is 0 Å². The van der Waals surface area contributed by atoms with E-state index in [0.29, 0.717) is 5.75 Å². The summed E-state index contributed by atoms with van der Waals surface area (Å²) in [5.74, 6) is -0.591. The van der Waals surface area contributed by atoms with E-state index in [1.807, 2.05) is 6.07 Å². The summed E-state index contributed by atoms with van der Waals surface area (Å²) in [5.41, 5.74) is 3.61. The minimum absolute atomic E-state index is 0.198. The van der Waals surface area contributed by atoms with Gasteiger partial charge < -0.3 is 14.9 Å². The van der Waals surface area contributed by atoms with Crippen molar-refractivity contribution in [1.82, 2.24) is 0 Å². The molecule has 0 atom stereocenters. The van der Waals surface area contributed by atoms with Gasteiger partial charge in [0.15, 0.2) is 0 Å². The largest absolute Gasteiger partial charge is 0.496 e. The van der Waals surface area contributed by atoms with E-state index in [2.05, 4.69) is 24.3 Å². The van der Waals surface area contributed by atoms with E-state index in [0.717, 1.165) is 31.2 Å². The Morgan fingerprint density at radius 3 is 2.09 bits per heavy atom. The fourth-order valence-corrected chi connectivity index (χ4v) is 2.52. The molecule has 0 spiro atoms. The first kappa shape index (κ1) is 17.0. The second-order valence-electron chi connectivity index (χ2n) is 5.48. The summed E-state index contributed by atoms with van der Waals surface area (Å²) in [6.07, 6.45) is 3.30. The van der Waals surface area contributed by atoms with Gasteiger partial charge >= 0.3 is 5.97 Å². The Morgan fingerprint density at radius 2 is 1.52 bits per heavy atom. The van der Waals surface area contributed by atoms with Crippen molar-refractivity contribution < 1.29 is 19.7 Å². The molecule has 0 heterocycles. The summed E-state index contributed by atoms with van der Waals surface area (Å²) in [6, 6.07) is 13.6. The van der Waals surface area contributed by atoms with Gasteiger partial charge in [-0.05, 0) is 54.5 Å². The lowest BCUT2D eigenvalue weighted by Gasteiger charge is -2.08. The van der Waals surface area contributed by atoms with Gasteiger partial charge in [0.2, 0.25) is 0 Å². The minimum atomic E-state index is -0.975. The SMILES string of the molecule is COc1ccc(CCc2ccc(CCCO)cc2)cc1C(=O)O. The van der Waals surface area contributed by atoms with Gasteiger partial charge in [0, 0.05) is 6.61 Å². The first-order chi connectivity index (χ1) is 11.1. The molecule has 4 heteroatoms. The zero-order valence-corrected chi connectivity index (χ0v) is 13.3. The Kier molecular flexibility index (Phi) is 6.18. The highest BCUT2D eigenvalue weighted by atomic mass is 16.5. The van der Waals surface area contributed by atoms with Gasteiger partial charge in [0.25, 0.3) is 0 Å². The number of hydrogen-bond donors (Lipinski definition) is 2. The molecule has 0 aliphatic heterocycles. The fraction of sp³-hybridized carbons (Fsp3) is 0.316. The first-order valence-electron chi connectivity index (χ1n) is 7.73. The number of aromatic carboxylic acids is 1. The van der Waals surface area contributed by atoms with E-state index >= 15 is 0 Å². The third kappa shape index (κ3) is 4.83. The molecule has 0 unspecified atom stereocenters. The molecule has 2 aromatic carbocycles. The van der Waals surface area contributed by atoms with Crippen LogP contribution < -0.4 is 4.74 Å². The van der Waals surface area contributed by atoms with Crippen molar-refractivity contribution in [2.24, 2.45) is 0 Å². The van der Waals surface area contributed by atoms with Crippen LogP contribution >= 0.6 is 0 Å². The zero-order valence-electron chi connectivity index (χ0n) is 13.3. The molecule has 2 aromatic rings. The highest BCUT2D eigenvalue weighted by Gasteiger charge is 2.11. The van der Waals surface area contributed by atoms with Crippen LogP contribution in [0.15, 0.2) is 42.5 Å². The molecule has 0 saturated heterocycles. The molecule has 0 aromatic heterocycles. The number of benzene rings is 2. The highest BCUT2D eigenvalue weighted by molar-refractivity contribution is 5.91. The predicted molar refractivity (Wildman–Crippen MR) is 89.2 cm³/mol. The van der Waals surface area contributed by atoms with Crippen molar-refractivity contribution in [3.63, 3.8) is 0 Å². The number of aryl methyl sites for hydroxylation is 3. The molecule has 0 aliphatic rings. The lowest BCUT2D eigenvalue weighted by Crippen LogP contribution is -2.02. The van der Waals surface area contributed by atoms with Gasteiger partial charge in [-0.1, -0.05) is 30.3 Å². The Morgan fingerprint density at radius 1 is 0.957 bits per heavy atom. The number of aliphatic hydroxyl groups excluding tert-OH is 1. The standard InChI is InChI=1S/C19H22O4/c1-23-18-11-10-16(13-17(18)19(21)22)9-8-15-6-4-14(5-7-15)3-2-12-20/h4-7,10-11,13,20H,2-3,8-9,12H2,1H3,(H,21,22). The van der Waals surface area contributed by atoms with Crippen LogP contribution in [0.1, 0.15) is 33.5 Å². The van der Waals surface area contributed by atoms with Gasteiger partial charge in [-0.2, -0.15) is 0 Å². The van der Waals surface area contributed by atoms with Crippen LogP contribution in [0.4, 0.5) is 0 Å². The first-order valence-corrected chi connectivity index (χ1v) is 7.73. The normalized spacial score (nSPS) is 10.5. The van der Waals surface area contributed by atoms with Crippen LogP contribution in [0.5, 0.6) is 5.75 Å². The van der Waals surface area contributed by atoms with Crippen LogP contribution in [0, 0.1) is 0 Å². The lowest BCUT2D eigenvalue weighted by atomic mass is 10.0. The summed E-state index contributed by atoms with van der Waals surface area (Å²) in [5, 5.41) is 18.1. The van der Waals surface area contributed by atoms with Crippen LogP contribution in [-0.4, -0.2) is 29.9 Å². The lowest BCUT2D eigenvalue weighted by molar-refractivity contribution is 0.0693. The Hall–Kier alpha value is -2.33. The molecular formula is C19H22O4. The summed E-state index contributed by atoms with van der Waals surface area (Å²) >= 11 is 0. The van der Waals surface area contributed by atoms with E-state index in [4.69, 9.17) is 9.84 Å². The minimum Gasteiger partial charge on any atom is -0.496 e. The van der Waals surface area contributed by atoms with Gasteiger partial charge in [-0.3, -0.25) is 0 Å². The number of hydrogen-bond acceptors (Lipinski definition) is 3. The molecule has 0 aliphatic carbocycles. The van der Waals surface area contributed by atoms with Crippen molar-refractivity contribution in [3.8, 4) is 5.75 Å². The predicted octanol–water partition coefficient (Wildman–Crippen LogP) is 3.10. The quantitative estimate of drug-likeness (QED) is 0.785. The molecule has 122 valence electrons. The number of rotatable bonds is 8. The summed E-state index contributed by atoms with van der Waals surface area (Å²) < 4.78 is 5.07. The Balaban J connectivity index is 2.00. The molecule has 2 rings (SSSR count). The maximum Gasteiger partial charge on any atom is 0.339 e. The summed E-state index contributed by atoms with van der Waals surface area (Å²) in [4.78, 5) is 11.2. The van der Waals surface area contributed by atoms with Crippen molar-refractivity contribution in [2.45, 2.75) is 25.7 Å². The second-order valence-corrected chi connectivity index (χ2v) is 5.48. The molecule has 0 fully saturated rings. The number of ether oxygens (including phenoxy) is 1. The Labute approximate surface area is 136 Å². The fourth-order valence-electron chi connectivity index (χ4n) is 2.52. The molecule has 0 saturated carbocycles. The molecular weight excluding hydrogens is 292 g/mol. The number of carbonyl (C=O) groups is 1. The average molecular weight is 314 g/mol. The van der Waals surface area contributed by atoms with Crippen molar-refractivity contribution >= 4 is 5.97 Å². The molecule has 0 radical (unpaired) electrons. The molecule has 0 amide bonds. The molecule has 4 nitrogen and oxygen atoms in total. The highest BCUT2D eigenvalue weighted by Crippen LogP contribution is 2.21. The van der Waals surface area contributed by atoms with Crippen molar-refractivity contribution in [1.29, 1.82) is 0 Å². The molecule has 23 heavy (non-hydrogen) atoms. The van der Waals surface area contributed by atoms with Gasteiger partial charge in [-0.15, -0.1) is 0 Å². The van der Waals surface area contributed by atoms with E-state index < -0.39 is 5.97 Å². The van der Waals surface area contributed by atoms with Gasteiger partial charge in [-0.25, -0.2) is 4.79 Å². The van der Waals surface area contributed by atoms with E-state index in [1.165, 1.54) is 18.2 Å². The smallest absolute Gasteiger partial charge is 0.339 e.